The molecule has 4 nitrogen and oxygen atoms in total. The monoisotopic (exact) mass is 293 g/mol. The third-order valence-electron chi connectivity index (χ3n) is 3.41. The summed E-state index contributed by atoms with van der Waals surface area (Å²) in [5.74, 6) is 5.18. The minimum atomic E-state index is -3.56. The van der Waals surface area contributed by atoms with Crippen molar-refractivity contribution < 1.29 is 13.5 Å². The molecule has 0 heterocycles. The van der Waals surface area contributed by atoms with Gasteiger partial charge in [-0.25, -0.2) is 13.1 Å². The molecule has 0 unspecified atom stereocenters. The third-order valence-corrected chi connectivity index (χ3v) is 4.98. The molecule has 20 heavy (non-hydrogen) atoms. The Kier molecular flexibility index (Phi) is 5.18. The van der Waals surface area contributed by atoms with Gasteiger partial charge in [0.2, 0.25) is 10.0 Å². The summed E-state index contributed by atoms with van der Waals surface area (Å²) in [5, 5.41) is 8.74. The minimum absolute atomic E-state index is 0.0209. The van der Waals surface area contributed by atoms with Gasteiger partial charge in [-0.2, -0.15) is 0 Å². The van der Waals surface area contributed by atoms with Gasteiger partial charge in [-0.15, -0.1) is 0 Å². The molecule has 0 saturated heterocycles. The Balaban J connectivity index is 2.24. The molecule has 1 aromatic rings. The minimum Gasteiger partial charge on any atom is -0.384 e. The Morgan fingerprint density at radius 3 is 2.60 bits per heavy atom. The first-order chi connectivity index (χ1) is 9.63. The van der Waals surface area contributed by atoms with Gasteiger partial charge in [-0.05, 0) is 25.0 Å². The predicted molar refractivity (Wildman–Crippen MR) is 77.6 cm³/mol. The van der Waals surface area contributed by atoms with E-state index in [0.717, 1.165) is 25.7 Å². The van der Waals surface area contributed by atoms with Crippen molar-refractivity contribution in [1.29, 1.82) is 0 Å². The molecule has 2 rings (SSSR count). The van der Waals surface area contributed by atoms with Crippen LogP contribution in [-0.4, -0.2) is 26.2 Å². The van der Waals surface area contributed by atoms with Crippen molar-refractivity contribution >= 4 is 10.0 Å². The fraction of sp³-hybridized carbons (Fsp3) is 0.467. The van der Waals surface area contributed by atoms with Gasteiger partial charge in [0.25, 0.3) is 0 Å². The standard InChI is InChI=1S/C15H19NO3S/c17-12-6-8-13-7-4-5-11-15(13)20(18,19)16-14-9-2-1-3-10-14/h4-5,7,11,14,16-17H,1-3,9-10,12H2. The van der Waals surface area contributed by atoms with E-state index < -0.39 is 10.0 Å². The highest BCUT2D eigenvalue weighted by atomic mass is 32.2. The van der Waals surface area contributed by atoms with Gasteiger partial charge in [-0.1, -0.05) is 43.2 Å². The molecule has 108 valence electrons. The normalized spacial score (nSPS) is 16.4. The second kappa shape index (κ2) is 6.89. The van der Waals surface area contributed by atoms with Crippen LogP contribution < -0.4 is 4.72 Å². The average molecular weight is 293 g/mol. The predicted octanol–water partition coefficient (Wildman–Crippen LogP) is 1.64. The molecule has 0 aliphatic heterocycles. The van der Waals surface area contributed by atoms with E-state index in [1.165, 1.54) is 6.42 Å². The Labute approximate surface area is 120 Å². The number of hydrogen-bond donors (Lipinski definition) is 2. The molecule has 0 aromatic heterocycles. The lowest BCUT2D eigenvalue weighted by molar-refractivity contribution is 0.350. The van der Waals surface area contributed by atoms with Crippen LogP contribution in [0.25, 0.3) is 0 Å². The first-order valence-electron chi connectivity index (χ1n) is 6.84. The summed E-state index contributed by atoms with van der Waals surface area (Å²) in [5.41, 5.74) is 0.421. The fourth-order valence-corrected chi connectivity index (χ4v) is 3.91. The zero-order chi connectivity index (χ0) is 14.4. The van der Waals surface area contributed by atoms with Crippen molar-refractivity contribution in [1.82, 2.24) is 4.72 Å². The quantitative estimate of drug-likeness (QED) is 0.833. The second-order valence-corrected chi connectivity index (χ2v) is 6.59. The first-order valence-corrected chi connectivity index (χ1v) is 8.33. The molecule has 5 heteroatoms. The van der Waals surface area contributed by atoms with Crippen molar-refractivity contribution in [3.05, 3.63) is 29.8 Å². The molecule has 1 fully saturated rings. The van der Waals surface area contributed by atoms with E-state index in [4.69, 9.17) is 5.11 Å². The molecule has 0 amide bonds. The Morgan fingerprint density at radius 1 is 1.20 bits per heavy atom. The summed E-state index contributed by atoms with van der Waals surface area (Å²) >= 11 is 0. The number of benzene rings is 1. The van der Waals surface area contributed by atoms with Gasteiger partial charge in [0.1, 0.15) is 6.61 Å². The summed E-state index contributed by atoms with van der Waals surface area (Å²) < 4.78 is 27.7. The highest BCUT2D eigenvalue weighted by molar-refractivity contribution is 7.89. The lowest BCUT2D eigenvalue weighted by atomic mass is 9.96. The summed E-state index contributed by atoms with van der Waals surface area (Å²) in [7, 11) is -3.56. The van der Waals surface area contributed by atoms with Gasteiger partial charge in [0.15, 0.2) is 0 Å². The van der Waals surface area contributed by atoms with E-state index in [1.807, 2.05) is 0 Å². The zero-order valence-corrected chi connectivity index (χ0v) is 12.1. The number of aliphatic hydroxyl groups excluding tert-OH is 1. The largest absolute Gasteiger partial charge is 0.384 e. The molecule has 0 spiro atoms. The topological polar surface area (TPSA) is 66.4 Å². The van der Waals surface area contributed by atoms with Crippen LogP contribution in [0.2, 0.25) is 0 Å². The van der Waals surface area contributed by atoms with Crippen LogP contribution in [0.3, 0.4) is 0 Å². The van der Waals surface area contributed by atoms with Gasteiger partial charge >= 0.3 is 0 Å². The second-order valence-electron chi connectivity index (χ2n) is 4.91. The van der Waals surface area contributed by atoms with Gasteiger partial charge < -0.3 is 5.11 Å². The lowest BCUT2D eigenvalue weighted by Gasteiger charge is -2.22. The fourth-order valence-electron chi connectivity index (χ4n) is 2.44. The molecule has 0 atom stereocenters. The molecular formula is C15H19NO3S. The van der Waals surface area contributed by atoms with Crippen molar-refractivity contribution in [2.24, 2.45) is 0 Å². The van der Waals surface area contributed by atoms with Crippen LogP contribution in [0.5, 0.6) is 0 Å². The van der Waals surface area contributed by atoms with Crippen LogP contribution in [0.15, 0.2) is 29.2 Å². The zero-order valence-electron chi connectivity index (χ0n) is 11.3. The Morgan fingerprint density at radius 2 is 1.90 bits per heavy atom. The van der Waals surface area contributed by atoms with E-state index in [9.17, 15) is 8.42 Å². The summed E-state index contributed by atoms with van der Waals surface area (Å²) in [6.07, 6.45) is 5.10. The summed E-state index contributed by atoms with van der Waals surface area (Å²) in [6, 6.07) is 6.64. The van der Waals surface area contributed by atoms with Crippen molar-refractivity contribution in [3.63, 3.8) is 0 Å². The maximum Gasteiger partial charge on any atom is 0.242 e. The number of sulfonamides is 1. The number of nitrogens with one attached hydrogen (secondary N) is 1. The van der Waals surface area contributed by atoms with E-state index in [2.05, 4.69) is 16.6 Å². The van der Waals surface area contributed by atoms with Crippen LogP contribution in [0.4, 0.5) is 0 Å². The molecule has 1 aliphatic carbocycles. The highest BCUT2D eigenvalue weighted by Crippen LogP contribution is 2.21. The third kappa shape index (κ3) is 3.83. The number of rotatable bonds is 3. The lowest BCUT2D eigenvalue weighted by Crippen LogP contribution is -2.36. The van der Waals surface area contributed by atoms with E-state index in [0.29, 0.717) is 5.56 Å². The van der Waals surface area contributed by atoms with Crippen LogP contribution in [0.1, 0.15) is 37.7 Å². The van der Waals surface area contributed by atoms with Crippen LogP contribution in [-0.2, 0) is 10.0 Å². The van der Waals surface area contributed by atoms with Crippen LogP contribution >= 0.6 is 0 Å². The van der Waals surface area contributed by atoms with Crippen molar-refractivity contribution in [3.8, 4) is 11.8 Å². The SMILES string of the molecule is O=S(=O)(NC1CCCCC1)c1ccccc1C#CCO. The van der Waals surface area contributed by atoms with E-state index in [-0.39, 0.29) is 17.5 Å². The molecule has 2 N–H and O–H groups in total. The number of aliphatic hydroxyl groups is 1. The Bertz CT molecular complexity index is 607. The van der Waals surface area contributed by atoms with Gasteiger partial charge in [0.05, 0.1) is 4.90 Å². The summed E-state index contributed by atoms with van der Waals surface area (Å²) in [4.78, 5) is 0.187. The molecule has 0 radical (unpaired) electrons. The van der Waals surface area contributed by atoms with E-state index in [1.54, 1.807) is 24.3 Å². The van der Waals surface area contributed by atoms with Crippen molar-refractivity contribution in [2.45, 2.75) is 43.0 Å². The van der Waals surface area contributed by atoms with Gasteiger partial charge in [0, 0.05) is 11.6 Å². The molecule has 1 aromatic carbocycles. The maximum atomic E-state index is 12.4. The smallest absolute Gasteiger partial charge is 0.242 e. The highest BCUT2D eigenvalue weighted by Gasteiger charge is 2.23. The van der Waals surface area contributed by atoms with E-state index >= 15 is 0 Å². The molecular weight excluding hydrogens is 274 g/mol. The average Bonchev–Trinajstić information content (AvgIpc) is 2.46. The van der Waals surface area contributed by atoms with Crippen molar-refractivity contribution in [2.75, 3.05) is 6.61 Å². The first kappa shape index (κ1) is 15.0. The molecule has 0 bridgehead atoms. The number of hydrogen-bond acceptors (Lipinski definition) is 3. The molecule has 1 aliphatic rings. The van der Waals surface area contributed by atoms with Crippen LogP contribution in [0, 0.1) is 11.8 Å². The maximum absolute atomic E-state index is 12.4. The van der Waals surface area contributed by atoms with Gasteiger partial charge in [-0.3, -0.25) is 0 Å². The summed E-state index contributed by atoms with van der Waals surface area (Å²) in [6.45, 7) is -0.287. The Hall–Kier alpha value is -1.35. The molecule has 1 saturated carbocycles.